The first-order chi connectivity index (χ1) is 6.20. The molecule has 2 heterocycles. The van der Waals surface area contributed by atoms with Crippen molar-refractivity contribution in [3.63, 3.8) is 0 Å². The standard InChI is InChI=1S/C8H8N4O/c1-4-6-5(7(9)13)2-3-10-8(6)12-11-4/h2-3H,1H3,(H2,9,13)(H,10,11,12). The number of rotatable bonds is 1. The molecule has 1 amide bonds. The quantitative estimate of drug-likeness (QED) is 0.658. The smallest absolute Gasteiger partial charge is 0.249 e. The van der Waals surface area contributed by atoms with Gasteiger partial charge in [0, 0.05) is 11.9 Å². The summed E-state index contributed by atoms with van der Waals surface area (Å²) >= 11 is 0. The van der Waals surface area contributed by atoms with Gasteiger partial charge in [0.2, 0.25) is 5.91 Å². The van der Waals surface area contributed by atoms with E-state index in [2.05, 4.69) is 15.2 Å². The van der Waals surface area contributed by atoms with E-state index < -0.39 is 5.91 Å². The van der Waals surface area contributed by atoms with Gasteiger partial charge in [-0.15, -0.1) is 0 Å². The van der Waals surface area contributed by atoms with Crippen molar-refractivity contribution in [2.24, 2.45) is 5.73 Å². The first-order valence-corrected chi connectivity index (χ1v) is 3.79. The first-order valence-electron chi connectivity index (χ1n) is 3.79. The van der Waals surface area contributed by atoms with Crippen LogP contribution in [-0.2, 0) is 0 Å². The molecule has 0 aliphatic rings. The monoisotopic (exact) mass is 176 g/mol. The Hall–Kier alpha value is -1.91. The predicted octanol–water partition coefficient (Wildman–Crippen LogP) is 0.365. The number of pyridine rings is 1. The Morgan fingerprint density at radius 3 is 3.08 bits per heavy atom. The van der Waals surface area contributed by atoms with Gasteiger partial charge in [-0.3, -0.25) is 9.89 Å². The molecule has 2 rings (SSSR count). The van der Waals surface area contributed by atoms with E-state index in [1.54, 1.807) is 6.07 Å². The summed E-state index contributed by atoms with van der Waals surface area (Å²) in [5, 5.41) is 7.37. The summed E-state index contributed by atoms with van der Waals surface area (Å²) in [5.74, 6) is -0.461. The van der Waals surface area contributed by atoms with Crippen molar-refractivity contribution in [3.8, 4) is 0 Å². The molecule has 0 unspecified atom stereocenters. The fourth-order valence-electron chi connectivity index (χ4n) is 1.30. The number of primary amides is 1. The molecule has 3 N–H and O–H groups in total. The number of carbonyl (C=O) groups is 1. The minimum atomic E-state index is -0.461. The topological polar surface area (TPSA) is 84.7 Å². The van der Waals surface area contributed by atoms with Crippen LogP contribution in [0.1, 0.15) is 16.1 Å². The number of hydrogen-bond donors (Lipinski definition) is 2. The molecule has 0 atom stereocenters. The molecule has 2 aromatic heterocycles. The van der Waals surface area contributed by atoms with Crippen LogP contribution < -0.4 is 5.73 Å². The summed E-state index contributed by atoms with van der Waals surface area (Å²) in [6, 6.07) is 1.59. The average Bonchev–Trinajstić information content (AvgIpc) is 2.48. The third kappa shape index (κ3) is 1.05. The van der Waals surface area contributed by atoms with Gasteiger partial charge in [0.25, 0.3) is 0 Å². The Morgan fingerprint density at radius 1 is 1.62 bits per heavy atom. The van der Waals surface area contributed by atoms with Crippen molar-refractivity contribution in [2.75, 3.05) is 0 Å². The van der Waals surface area contributed by atoms with E-state index in [-0.39, 0.29) is 0 Å². The first kappa shape index (κ1) is 7.72. The van der Waals surface area contributed by atoms with Gasteiger partial charge >= 0.3 is 0 Å². The number of amides is 1. The second-order valence-electron chi connectivity index (χ2n) is 2.77. The molecule has 0 aliphatic heterocycles. The SMILES string of the molecule is Cc1[nH]nc2nccc(C(N)=O)c12. The number of aromatic amines is 1. The summed E-state index contributed by atoms with van der Waals surface area (Å²) in [7, 11) is 0. The number of carbonyl (C=O) groups excluding carboxylic acids is 1. The minimum absolute atomic E-state index is 0.455. The van der Waals surface area contributed by atoms with Crippen molar-refractivity contribution in [2.45, 2.75) is 6.92 Å². The zero-order valence-electron chi connectivity index (χ0n) is 7.03. The summed E-state index contributed by atoms with van der Waals surface area (Å²) < 4.78 is 0. The number of nitrogens with two attached hydrogens (primary N) is 1. The number of fused-ring (bicyclic) bond motifs is 1. The molecule has 0 saturated carbocycles. The molecule has 0 radical (unpaired) electrons. The summed E-state index contributed by atoms with van der Waals surface area (Å²) in [6.45, 7) is 1.82. The van der Waals surface area contributed by atoms with Crippen molar-refractivity contribution < 1.29 is 4.79 Å². The van der Waals surface area contributed by atoms with Crippen LogP contribution in [0, 0.1) is 6.92 Å². The molecule has 0 fully saturated rings. The number of nitrogens with zero attached hydrogens (tertiary/aromatic N) is 2. The van der Waals surface area contributed by atoms with Crippen molar-refractivity contribution in [1.82, 2.24) is 15.2 Å². The average molecular weight is 176 g/mol. The Morgan fingerprint density at radius 2 is 2.38 bits per heavy atom. The molecule has 0 saturated heterocycles. The van der Waals surface area contributed by atoms with Gasteiger partial charge in [-0.25, -0.2) is 4.98 Å². The van der Waals surface area contributed by atoms with Crippen LogP contribution in [0.25, 0.3) is 11.0 Å². The maximum Gasteiger partial charge on any atom is 0.249 e. The van der Waals surface area contributed by atoms with Crippen LogP contribution in [0.4, 0.5) is 0 Å². The normalized spacial score (nSPS) is 10.5. The molecule has 2 aromatic rings. The largest absolute Gasteiger partial charge is 0.366 e. The van der Waals surface area contributed by atoms with Crippen LogP contribution in [-0.4, -0.2) is 21.1 Å². The van der Waals surface area contributed by atoms with Gasteiger partial charge in [-0.2, -0.15) is 5.10 Å². The van der Waals surface area contributed by atoms with Gasteiger partial charge in [-0.05, 0) is 13.0 Å². The fourth-order valence-corrected chi connectivity index (χ4v) is 1.30. The Kier molecular flexibility index (Phi) is 1.51. The summed E-state index contributed by atoms with van der Waals surface area (Å²) in [5.41, 5.74) is 6.98. The van der Waals surface area contributed by atoms with Crippen LogP contribution >= 0.6 is 0 Å². The third-order valence-corrected chi connectivity index (χ3v) is 1.90. The molecule has 0 bridgehead atoms. The molecular formula is C8H8N4O. The predicted molar refractivity (Wildman–Crippen MR) is 47.1 cm³/mol. The minimum Gasteiger partial charge on any atom is -0.366 e. The van der Waals surface area contributed by atoms with Crippen molar-refractivity contribution >= 4 is 16.9 Å². The van der Waals surface area contributed by atoms with Gasteiger partial charge in [0.15, 0.2) is 5.65 Å². The highest BCUT2D eigenvalue weighted by atomic mass is 16.1. The zero-order chi connectivity index (χ0) is 9.42. The van der Waals surface area contributed by atoms with E-state index in [9.17, 15) is 4.79 Å². The zero-order valence-corrected chi connectivity index (χ0v) is 7.03. The van der Waals surface area contributed by atoms with Gasteiger partial charge < -0.3 is 5.73 Å². The van der Waals surface area contributed by atoms with E-state index in [1.807, 2.05) is 6.92 Å². The molecule has 13 heavy (non-hydrogen) atoms. The van der Waals surface area contributed by atoms with E-state index in [0.29, 0.717) is 16.6 Å². The highest BCUT2D eigenvalue weighted by molar-refractivity contribution is 6.05. The lowest BCUT2D eigenvalue weighted by atomic mass is 10.1. The lowest BCUT2D eigenvalue weighted by Gasteiger charge is -1.96. The van der Waals surface area contributed by atoms with E-state index in [1.165, 1.54) is 6.20 Å². The highest BCUT2D eigenvalue weighted by Gasteiger charge is 2.11. The van der Waals surface area contributed by atoms with Crippen LogP contribution in [0.5, 0.6) is 0 Å². The number of aryl methyl sites for hydroxylation is 1. The molecule has 5 nitrogen and oxygen atoms in total. The van der Waals surface area contributed by atoms with Crippen molar-refractivity contribution in [3.05, 3.63) is 23.5 Å². The maximum atomic E-state index is 11.0. The maximum absolute atomic E-state index is 11.0. The second-order valence-corrected chi connectivity index (χ2v) is 2.77. The highest BCUT2D eigenvalue weighted by Crippen LogP contribution is 2.16. The number of H-pyrrole nitrogens is 1. The third-order valence-electron chi connectivity index (χ3n) is 1.90. The lowest BCUT2D eigenvalue weighted by Crippen LogP contribution is -2.11. The second kappa shape index (κ2) is 2.55. The molecule has 5 heteroatoms. The molecule has 66 valence electrons. The Bertz CT molecular complexity index is 474. The van der Waals surface area contributed by atoms with Crippen molar-refractivity contribution in [1.29, 1.82) is 0 Å². The van der Waals surface area contributed by atoms with E-state index in [4.69, 9.17) is 5.73 Å². The lowest BCUT2D eigenvalue weighted by molar-refractivity contribution is 0.100. The molecule has 0 spiro atoms. The number of hydrogen-bond acceptors (Lipinski definition) is 3. The Labute approximate surface area is 74.0 Å². The number of aromatic nitrogens is 3. The number of nitrogens with one attached hydrogen (secondary N) is 1. The Balaban J connectivity index is 2.88. The summed E-state index contributed by atoms with van der Waals surface area (Å²) in [6.07, 6.45) is 1.52. The van der Waals surface area contributed by atoms with Gasteiger partial charge in [0.1, 0.15) is 0 Å². The summed E-state index contributed by atoms with van der Waals surface area (Å²) in [4.78, 5) is 15.0. The molecule has 0 aromatic carbocycles. The van der Waals surface area contributed by atoms with Crippen LogP contribution in [0.2, 0.25) is 0 Å². The van der Waals surface area contributed by atoms with Crippen LogP contribution in [0.15, 0.2) is 12.3 Å². The van der Waals surface area contributed by atoms with E-state index in [0.717, 1.165) is 5.69 Å². The van der Waals surface area contributed by atoms with Gasteiger partial charge in [0.05, 0.1) is 10.9 Å². The van der Waals surface area contributed by atoms with Crippen LogP contribution in [0.3, 0.4) is 0 Å². The van der Waals surface area contributed by atoms with Gasteiger partial charge in [-0.1, -0.05) is 0 Å². The molecular weight excluding hydrogens is 168 g/mol. The fraction of sp³-hybridized carbons (Fsp3) is 0.125. The van der Waals surface area contributed by atoms with E-state index >= 15 is 0 Å². The molecule has 0 aliphatic carbocycles.